The second kappa shape index (κ2) is 49.8. The number of nitrogens with one attached hydrogen (secondary N) is 1. The highest BCUT2D eigenvalue weighted by Gasteiger charge is 2.20. The van der Waals surface area contributed by atoms with Crippen molar-refractivity contribution in [1.29, 1.82) is 0 Å². The molecule has 0 aliphatic heterocycles. The van der Waals surface area contributed by atoms with Gasteiger partial charge in [0, 0.05) is 6.42 Å². The van der Waals surface area contributed by atoms with E-state index in [0.29, 0.717) is 12.8 Å². The zero-order valence-electron chi connectivity index (χ0n) is 39.4. The molecule has 0 aromatic carbocycles. The van der Waals surface area contributed by atoms with Gasteiger partial charge in [0.2, 0.25) is 5.91 Å². The predicted molar refractivity (Wildman–Crippen MR) is 253 cm³/mol. The molecule has 0 saturated carbocycles. The number of aliphatic hydroxyl groups is 2. The number of unbranched alkanes of at least 4 members (excludes halogenated alkanes) is 43. The fourth-order valence-electron chi connectivity index (χ4n) is 8.78. The van der Waals surface area contributed by atoms with Crippen LogP contribution < -0.4 is 5.32 Å². The van der Waals surface area contributed by atoms with Gasteiger partial charge in [0.1, 0.15) is 0 Å². The van der Waals surface area contributed by atoms with Crippen molar-refractivity contribution in [1.82, 2.24) is 5.32 Å². The van der Waals surface area contributed by atoms with Gasteiger partial charge in [-0.25, -0.2) is 0 Å². The van der Waals surface area contributed by atoms with Crippen LogP contribution in [0.5, 0.6) is 0 Å². The third-order valence-electron chi connectivity index (χ3n) is 12.9. The molecule has 0 aromatic heterocycles. The van der Waals surface area contributed by atoms with Gasteiger partial charge < -0.3 is 15.5 Å². The SMILES string of the molecule is CCCCCCCCCCCCCCCCCCCCCCCCCC(O)C(CO)NC(=O)CCCCCCCCCCCCCCCCCCCCCCCC. The Kier molecular flexibility index (Phi) is 49.2. The molecular weight excluding hydrogens is 699 g/mol. The molecule has 0 bridgehead atoms. The molecule has 57 heavy (non-hydrogen) atoms. The number of rotatable bonds is 50. The van der Waals surface area contributed by atoms with Gasteiger partial charge in [-0.15, -0.1) is 0 Å². The first-order valence-corrected chi connectivity index (χ1v) is 26.7. The number of amides is 1. The van der Waals surface area contributed by atoms with Crippen LogP contribution in [-0.2, 0) is 4.79 Å². The normalized spacial score (nSPS) is 12.7. The maximum atomic E-state index is 12.5. The van der Waals surface area contributed by atoms with Gasteiger partial charge in [0.25, 0.3) is 0 Å². The van der Waals surface area contributed by atoms with Crippen molar-refractivity contribution < 1.29 is 15.0 Å². The number of carbonyl (C=O) groups excluding carboxylic acids is 1. The van der Waals surface area contributed by atoms with Crippen molar-refractivity contribution in [2.24, 2.45) is 0 Å². The van der Waals surface area contributed by atoms with Gasteiger partial charge in [-0.1, -0.05) is 296 Å². The quantitative estimate of drug-likeness (QED) is 0.0536. The van der Waals surface area contributed by atoms with E-state index in [9.17, 15) is 15.0 Å². The van der Waals surface area contributed by atoms with Crippen LogP contribution >= 0.6 is 0 Å². The molecule has 0 rings (SSSR count). The molecule has 0 radical (unpaired) electrons. The van der Waals surface area contributed by atoms with Crippen LogP contribution in [0.3, 0.4) is 0 Å². The average Bonchev–Trinajstić information content (AvgIpc) is 3.22. The molecule has 2 unspecified atom stereocenters. The monoisotopic (exact) mass is 806 g/mol. The van der Waals surface area contributed by atoms with Crippen molar-refractivity contribution in [2.75, 3.05) is 6.61 Å². The van der Waals surface area contributed by atoms with Crippen molar-refractivity contribution in [3.8, 4) is 0 Å². The fraction of sp³-hybridized carbons (Fsp3) is 0.981. The minimum Gasteiger partial charge on any atom is -0.394 e. The molecule has 4 heteroatoms. The molecule has 2 atom stereocenters. The summed E-state index contributed by atoms with van der Waals surface area (Å²) in [5.41, 5.74) is 0. The minimum atomic E-state index is -0.654. The van der Waals surface area contributed by atoms with Gasteiger partial charge in [0.15, 0.2) is 0 Å². The van der Waals surface area contributed by atoms with Crippen molar-refractivity contribution >= 4 is 5.91 Å². The molecule has 0 aliphatic rings. The van der Waals surface area contributed by atoms with E-state index in [1.807, 2.05) is 0 Å². The van der Waals surface area contributed by atoms with Gasteiger partial charge in [0.05, 0.1) is 18.8 Å². The Morgan fingerprint density at radius 2 is 0.561 bits per heavy atom. The molecule has 0 spiro atoms. The second-order valence-electron chi connectivity index (χ2n) is 18.7. The number of aliphatic hydroxyl groups excluding tert-OH is 2. The Labute approximate surface area is 359 Å². The summed E-state index contributed by atoms with van der Waals surface area (Å²) in [5.74, 6) is -0.0226. The second-order valence-corrected chi connectivity index (χ2v) is 18.7. The Morgan fingerprint density at radius 3 is 0.789 bits per heavy atom. The third kappa shape index (κ3) is 46.3. The van der Waals surface area contributed by atoms with Gasteiger partial charge in [-0.3, -0.25) is 4.79 Å². The molecule has 0 aromatic rings. The standard InChI is InChI=1S/C53H107NO3/c1-3-5-7-9-11-13-15-17-19-21-23-25-27-28-30-32-34-36-38-40-42-44-46-48-52(56)51(50-55)54-53(57)49-47-45-43-41-39-37-35-33-31-29-26-24-22-20-18-16-14-12-10-8-6-4-2/h51-52,55-56H,3-50H2,1-2H3,(H,54,57). The van der Waals surface area contributed by atoms with Crippen LogP contribution in [0.1, 0.15) is 316 Å². The van der Waals surface area contributed by atoms with Gasteiger partial charge >= 0.3 is 0 Å². The topological polar surface area (TPSA) is 69.6 Å². The summed E-state index contributed by atoms with van der Waals surface area (Å²) >= 11 is 0. The van der Waals surface area contributed by atoms with Crippen molar-refractivity contribution in [3.63, 3.8) is 0 Å². The molecule has 0 saturated heterocycles. The molecule has 3 N–H and O–H groups in total. The highest BCUT2D eigenvalue weighted by Crippen LogP contribution is 2.18. The molecule has 4 nitrogen and oxygen atoms in total. The van der Waals surface area contributed by atoms with Crippen molar-refractivity contribution in [3.05, 3.63) is 0 Å². The van der Waals surface area contributed by atoms with E-state index in [2.05, 4.69) is 19.2 Å². The Hall–Kier alpha value is -0.610. The van der Waals surface area contributed by atoms with Crippen LogP contribution in [0.25, 0.3) is 0 Å². The maximum absolute atomic E-state index is 12.5. The summed E-state index contributed by atoms with van der Waals surface area (Å²) < 4.78 is 0. The molecule has 0 aliphatic carbocycles. The van der Waals surface area contributed by atoms with Gasteiger partial charge in [-0.05, 0) is 12.8 Å². The highest BCUT2D eigenvalue weighted by atomic mass is 16.3. The van der Waals surface area contributed by atoms with Crippen LogP contribution in [0.2, 0.25) is 0 Å². The molecule has 1 amide bonds. The van der Waals surface area contributed by atoms with Crippen LogP contribution in [-0.4, -0.2) is 34.9 Å². The number of hydrogen-bond donors (Lipinski definition) is 3. The lowest BCUT2D eigenvalue weighted by molar-refractivity contribution is -0.123. The lowest BCUT2D eigenvalue weighted by Gasteiger charge is -2.22. The summed E-state index contributed by atoms with van der Waals surface area (Å²) in [5, 5.41) is 23.3. The largest absolute Gasteiger partial charge is 0.394 e. The maximum Gasteiger partial charge on any atom is 0.220 e. The molecular formula is C53H107NO3. The van der Waals surface area contributed by atoms with E-state index in [1.54, 1.807) is 0 Å². The predicted octanol–water partition coefficient (Wildman–Crippen LogP) is 17.2. The summed E-state index contributed by atoms with van der Waals surface area (Å²) in [6.07, 6.45) is 62.2. The lowest BCUT2D eigenvalue weighted by Crippen LogP contribution is -2.45. The number of carbonyl (C=O) groups is 1. The highest BCUT2D eigenvalue weighted by molar-refractivity contribution is 5.76. The first kappa shape index (κ1) is 56.4. The van der Waals surface area contributed by atoms with Crippen LogP contribution in [0.15, 0.2) is 0 Å². The van der Waals surface area contributed by atoms with E-state index in [0.717, 1.165) is 25.7 Å². The zero-order chi connectivity index (χ0) is 41.4. The third-order valence-corrected chi connectivity index (χ3v) is 12.9. The van der Waals surface area contributed by atoms with Gasteiger partial charge in [-0.2, -0.15) is 0 Å². The summed E-state index contributed by atoms with van der Waals surface area (Å²) in [6, 6.07) is -0.531. The van der Waals surface area contributed by atoms with E-state index in [1.165, 1.54) is 263 Å². The first-order chi connectivity index (χ1) is 28.2. The Morgan fingerprint density at radius 1 is 0.351 bits per heavy atom. The molecule has 342 valence electrons. The average molecular weight is 806 g/mol. The van der Waals surface area contributed by atoms with Crippen molar-refractivity contribution in [2.45, 2.75) is 328 Å². The molecule has 0 heterocycles. The summed E-state index contributed by atoms with van der Waals surface area (Å²) in [7, 11) is 0. The minimum absolute atomic E-state index is 0.0226. The van der Waals surface area contributed by atoms with E-state index in [4.69, 9.17) is 0 Å². The first-order valence-electron chi connectivity index (χ1n) is 26.7. The lowest BCUT2D eigenvalue weighted by atomic mass is 10.0. The van der Waals surface area contributed by atoms with E-state index in [-0.39, 0.29) is 12.5 Å². The zero-order valence-corrected chi connectivity index (χ0v) is 39.4. The smallest absolute Gasteiger partial charge is 0.220 e. The van der Waals surface area contributed by atoms with E-state index >= 15 is 0 Å². The Balaban J connectivity index is 3.41. The Bertz CT molecular complexity index is 744. The number of hydrogen-bond acceptors (Lipinski definition) is 3. The van der Waals surface area contributed by atoms with Crippen LogP contribution in [0, 0.1) is 0 Å². The fourth-order valence-corrected chi connectivity index (χ4v) is 8.78. The van der Waals surface area contributed by atoms with Crippen LogP contribution in [0.4, 0.5) is 0 Å². The van der Waals surface area contributed by atoms with E-state index < -0.39 is 12.1 Å². The summed E-state index contributed by atoms with van der Waals surface area (Å²) in [4.78, 5) is 12.5. The summed E-state index contributed by atoms with van der Waals surface area (Å²) in [6.45, 7) is 4.40. The molecule has 0 fully saturated rings.